The van der Waals surface area contributed by atoms with Crippen LogP contribution < -0.4 is 15.1 Å². The molecular weight excluding hydrogens is 650 g/mol. The Kier molecular flexibility index (Phi) is 7.01. The second-order valence-electron chi connectivity index (χ2n) is 12.6. The summed E-state index contributed by atoms with van der Waals surface area (Å²) in [5.74, 6) is -1.68. The van der Waals surface area contributed by atoms with E-state index < -0.39 is 22.9 Å². The number of carbonyl (C=O) groups is 3. The van der Waals surface area contributed by atoms with Gasteiger partial charge in [0.05, 0.1) is 30.7 Å². The molecule has 5 aromatic carbocycles. The van der Waals surface area contributed by atoms with Crippen molar-refractivity contribution in [2.75, 3.05) is 9.80 Å². The first-order valence-electron chi connectivity index (χ1n) is 15.8. The number of hydrogen-bond donors (Lipinski definition) is 1. The van der Waals surface area contributed by atoms with E-state index in [0.717, 1.165) is 38.1 Å². The molecule has 1 fully saturated rings. The Hall–Kier alpha value is -4.85. The Morgan fingerprint density at radius 1 is 0.681 bits per heavy atom. The molecule has 1 N–H and O–H groups in total. The number of para-hydroxylation sites is 1. The number of nitrogens with zero attached hydrogens (tertiary/aromatic N) is 2. The summed E-state index contributed by atoms with van der Waals surface area (Å²) in [6.45, 7) is 2.20. The molecule has 3 heterocycles. The van der Waals surface area contributed by atoms with Gasteiger partial charge in [0.15, 0.2) is 0 Å². The molecule has 0 aliphatic carbocycles. The zero-order chi connectivity index (χ0) is 32.3. The number of rotatable bonds is 6. The zero-order valence-electron chi connectivity index (χ0n) is 25.8. The molecule has 3 aliphatic heterocycles. The Balaban J connectivity index is 1.39. The van der Waals surface area contributed by atoms with Gasteiger partial charge in [-0.25, -0.2) is 0 Å². The van der Waals surface area contributed by atoms with Gasteiger partial charge in [-0.2, -0.15) is 0 Å². The van der Waals surface area contributed by atoms with Crippen molar-refractivity contribution in [1.29, 1.82) is 0 Å². The third-order valence-electron chi connectivity index (χ3n) is 10.1. The van der Waals surface area contributed by atoms with Crippen molar-refractivity contribution >= 4 is 44.9 Å². The normalized spacial score (nSPS) is 24.3. The lowest BCUT2D eigenvalue weighted by Crippen LogP contribution is -2.56. The number of amides is 2. The Morgan fingerprint density at radius 3 is 1.85 bits per heavy atom. The summed E-state index contributed by atoms with van der Waals surface area (Å²) in [5.41, 5.74) is 2.82. The molecule has 5 aromatic rings. The third-order valence-corrected chi connectivity index (χ3v) is 10.6. The predicted octanol–water partition coefficient (Wildman–Crippen LogP) is 7.23. The highest BCUT2D eigenvalue weighted by Gasteiger charge is 2.76. The smallest absolute Gasteiger partial charge is 0.253 e. The predicted molar refractivity (Wildman–Crippen MR) is 186 cm³/mol. The van der Waals surface area contributed by atoms with Gasteiger partial charge in [0.2, 0.25) is 5.91 Å². The average molecular weight is 683 g/mol. The highest BCUT2D eigenvalue weighted by Crippen LogP contribution is 2.65. The molecule has 0 aromatic heterocycles. The molecule has 2 spiro atoms. The van der Waals surface area contributed by atoms with E-state index in [1.165, 1.54) is 6.92 Å². The SMILES string of the molecule is CC(=O)C1C2(NC(c3ccccc3)C13C(=O)N(Cc1ccccc1)c1ccccc13)C(=O)N(Cc1ccccc1)c1cc(Br)ccc12. The van der Waals surface area contributed by atoms with Crippen LogP contribution in [0.25, 0.3) is 0 Å². The van der Waals surface area contributed by atoms with Crippen molar-refractivity contribution < 1.29 is 14.4 Å². The lowest BCUT2D eigenvalue weighted by atomic mass is 9.60. The number of hydrogen-bond acceptors (Lipinski definition) is 4. The van der Waals surface area contributed by atoms with Crippen LogP contribution in [0.4, 0.5) is 11.4 Å². The van der Waals surface area contributed by atoms with E-state index in [4.69, 9.17) is 0 Å². The van der Waals surface area contributed by atoms with E-state index >= 15 is 9.59 Å². The average Bonchev–Trinajstić information content (AvgIpc) is 3.63. The molecular formula is C40H32BrN3O3. The van der Waals surface area contributed by atoms with E-state index in [2.05, 4.69) is 21.2 Å². The minimum atomic E-state index is -1.50. The van der Waals surface area contributed by atoms with Crippen molar-refractivity contribution in [3.8, 4) is 0 Å². The van der Waals surface area contributed by atoms with Crippen molar-refractivity contribution in [3.05, 3.63) is 166 Å². The summed E-state index contributed by atoms with van der Waals surface area (Å²) in [4.78, 5) is 48.8. The summed E-state index contributed by atoms with van der Waals surface area (Å²) in [6.07, 6.45) is 0. The van der Waals surface area contributed by atoms with Gasteiger partial charge in [-0.3, -0.25) is 19.7 Å². The topological polar surface area (TPSA) is 69.7 Å². The first-order valence-corrected chi connectivity index (χ1v) is 16.6. The summed E-state index contributed by atoms with van der Waals surface area (Å²) in [6, 6.07) is 42.4. The van der Waals surface area contributed by atoms with Gasteiger partial charge in [0.1, 0.15) is 16.7 Å². The van der Waals surface area contributed by atoms with Gasteiger partial charge in [-0.05, 0) is 47.4 Å². The summed E-state index contributed by atoms with van der Waals surface area (Å²) in [7, 11) is 0. The van der Waals surface area contributed by atoms with Crippen molar-refractivity contribution in [3.63, 3.8) is 0 Å². The van der Waals surface area contributed by atoms with E-state index in [-0.39, 0.29) is 17.6 Å². The van der Waals surface area contributed by atoms with Crippen molar-refractivity contribution in [1.82, 2.24) is 5.32 Å². The number of ketones is 1. The van der Waals surface area contributed by atoms with Crippen LogP contribution in [0.1, 0.15) is 40.8 Å². The van der Waals surface area contributed by atoms with Crippen LogP contribution in [-0.4, -0.2) is 17.6 Å². The van der Waals surface area contributed by atoms with Crippen LogP contribution in [0.15, 0.2) is 138 Å². The van der Waals surface area contributed by atoms with E-state index in [1.54, 1.807) is 9.80 Å². The monoisotopic (exact) mass is 681 g/mol. The summed E-state index contributed by atoms with van der Waals surface area (Å²) >= 11 is 3.63. The lowest BCUT2D eigenvalue weighted by Gasteiger charge is -2.37. The Bertz CT molecular complexity index is 2040. The Morgan fingerprint density at radius 2 is 1.23 bits per heavy atom. The largest absolute Gasteiger partial charge is 0.307 e. The van der Waals surface area contributed by atoms with Crippen molar-refractivity contribution in [2.24, 2.45) is 5.92 Å². The van der Waals surface area contributed by atoms with Gasteiger partial charge in [0, 0.05) is 15.7 Å². The van der Waals surface area contributed by atoms with E-state index in [0.29, 0.717) is 18.7 Å². The minimum Gasteiger partial charge on any atom is -0.307 e. The highest BCUT2D eigenvalue weighted by molar-refractivity contribution is 9.10. The van der Waals surface area contributed by atoms with Gasteiger partial charge >= 0.3 is 0 Å². The molecule has 1 saturated heterocycles. The third kappa shape index (κ3) is 4.23. The molecule has 4 atom stereocenters. The molecule has 3 aliphatic rings. The molecule has 8 rings (SSSR count). The molecule has 2 amide bonds. The first-order chi connectivity index (χ1) is 22.9. The molecule has 0 bridgehead atoms. The van der Waals surface area contributed by atoms with Gasteiger partial charge in [-0.1, -0.05) is 131 Å². The molecule has 7 heteroatoms. The zero-order valence-corrected chi connectivity index (χ0v) is 27.4. The second-order valence-corrected chi connectivity index (χ2v) is 13.6. The van der Waals surface area contributed by atoms with Crippen LogP contribution in [0.2, 0.25) is 0 Å². The quantitative estimate of drug-likeness (QED) is 0.205. The Labute approximate surface area is 282 Å². The van der Waals surface area contributed by atoms with E-state index in [9.17, 15) is 4.79 Å². The number of Topliss-reactive ketones (excluding diaryl/α,β-unsaturated/α-hetero) is 1. The molecule has 6 nitrogen and oxygen atoms in total. The van der Waals surface area contributed by atoms with Gasteiger partial charge < -0.3 is 9.80 Å². The number of halogens is 1. The number of anilines is 2. The maximum atomic E-state index is 15.5. The first kappa shape index (κ1) is 29.5. The summed E-state index contributed by atoms with van der Waals surface area (Å²) < 4.78 is 0.821. The lowest BCUT2D eigenvalue weighted by molar-refractivity contribution is -0.137. The molecule has 47 heavy (non-hydrogen) atoms. The maximum Gasteiger partial charge on any atom is 0.253 e. The number of carbonyl (C=O) groups excluding carboxylic acids is 3. The fourth-order valence-corrected chi connectivity index (χ4v) is 8.73. The van der Waals surface area contributed by atoms with Crippen LogP contribution in [-0.2, 0) is 38.4 Å². The molecule has 0 radical (unpaired) electrons. The summed E-state index contributed by atoms with van der Waals surface area (Å²) in [5, 5.41) is 3.77. The van der Waals surface area contributed by atoms with E-state index in [1.807, 2.05) is 133 Å². The van der Waals surface area contributed by atoms with Crippen LogP contribution in [0.3, 0.4) is 0 Å². The fraction of sp³-hybridized carbons (Fsp3) is 0.175. The van der Waals surface area contributed by atoms with Gasteiger partial charge in [0.25, 0.3) is 5.91 Å². The van der Waals surface area contributed by atoms with Crippen LogP contribution >= 0.6 is 15.9 Å². The highest BCUT2D eigenvalue weighted by atomic mass is 79.9. The maximum absolute atomic E-state index is 15.5. The van der Waals surface area contributed by atoms with Gasteiger partial charge in [-0.15, -0.1) is 0 Å². The van der Waals surface area contributed by atoms with Crippen molar-refractivity contribution in [2.45, 2.75) is 37.0 Å². The number of fused-ring (bicyclic) bond motifs is 4. The standard InChI is InChI=1S/C40H32BrN3O3/c1-26(45)35-39(31-19-11-12-20-33(31)43(37(39)46)24-27-13-5-2-6-14-27)36(29-17-9-4-10-18-29)42-40(35)32-22-21-30(41)23-34(32)44(38(40)47)25-28-15-7-3-8-16-28/h2-23,35-36,42H,24-25H2,1H3. The molecule has 4 unspecified atom stereocenters. The second kappa shape index (κ2) is 11.1. The van der Waals surface area contributed by atoms with Crippen LogP contribution in [0, 0.1) is 5.92 Å². The van der Waals surface area contributed by atoms with Crippen LogP contribution in [0.5, 0.6) is 0 Å². The number of benzene rings is 5. The minimum absolute atomic E-state index is 0.186. The fourth-order valence-electron chi connectivity index (χ4n) is 8.38. The molecule has 0 saturated carbocycles. The molecule has 232 valence electrons. The number of nitrogens with one attached hydrogen (secondary N) is 1.